The molecule has 104 valence electrons. The second kappa shape index (κ2) is 5.82. The third-order valence-electron chi connectivity index (χ3n) is 3.72. The van der Waals surface area contributed by atoms with E-state index in [-0.39, 0.29) is 0 Å². The van der Waals surface area contributed by atoms with Crippen molar-refractivity contribution in [1.82, 2.24) is 4.98 Å². The summed E-state index contributed by atoms with van der Waals surface area (Å²) in [7, 11) is 1.73. The van der Waals surface area contributed by atoms with E-state index in [2.05, 4.69) is 33.0 Å². The van der Waals surface area contributed by atoms with Gasteiger partial charge in [0, 0.05) is 32.4 Å². The molecule has 2 aromatic rings. The van der Waals surface area contributed by atoms with E-state index in [0.717, 1.165) is 31.9 Å². The van der Waals surface area contributed by atoms with Gasteiger partial charge in [-0.2, -0.15) is 0 Å². The van der Waals surface area contributed by atoms with Gasteiger partial charge >= 0.3 is 0 Å². The monoisotopic (exact) mass is 269 g/mol. The average molecular weight is 269 g/mol. The molecule has 0 aliphatic carbocycles. The molecule has 3 rings (SSSR count). The van der Waals surface area contributed by atoms with Gasteiger partial charge in [-0.1, -0.05) is 12.1 Å². The molecule has 2 heterocycles. The van der Waals surface area contributed by atoms with Crippen LogP contribution in [0.25, 0.3) is 0 Å². The maximum Gasteiger partial charge on any atom is 0.142 e. The van der Waals surface area contributed by atoms with E-state index >= 15 is 0 Å². The van der Waals surface area contributed by atoms with Crippen LogP contribution in [0, 0.1) is 0 Å². The maximum atomic E-state index is 5.44. The van der Waals surface area contributed by atoms with Crippen molar-refractivity contribution >= 4 is 11.4 Å². The average Bonchev–Trinajstić information content (AvgIpc) is 2.56. The van der Waals surface area contributed by atoms with E-state index in [1.807, 2.05) is 30.6 Å². The van der Waals surface area contributed by atoms with E-state index < -0.39 is 0 Å². The second-order valence-corrected chi connectivity index (χ2v) is 4.86. The van der Waals surface area contributed by atoms with Gasteiger partial charge in [-0.25, -0.2) is 0 Å². The predicted molar refractivity (Wildman–Crippen MR) is 81.7 cm³/mol. The molecule has 1 aromatic heterocycles. The Hall–Kier alpha value is -2.23. The van der Waals surface area contributed by atoms with Gasteiger partial charge in [0.2, 0.25) is 0 Å². The van der Waals surface area contributed by atoms with Gasteiger partial charge in [-0.3, -0.25) is 4.98 Å². The van der Waals surface area contributed by atoms with Crippen LogP contribution >= 0.6 is 0 Å². The molecule has 1 aliphatic rings. The van der Waals surface area contributed by atoms with Crippen molar-refractivity contribution in [3.63, 3.8) is 0 Å². The molecule has 0 amide bonds. The number of nitrogens with zero attached hydrogens (tertiary/aromatic N) is 3. The van der Waals surface area contributed by atoms with Crippen molar-refractivity contribution < 1.29 is 4.74 Å². The first-order valence-corrected chi connectivity index (χ1v) is 6.91. The van der Waals surface area contributed by atoms with Crippen molar-refractivity contribution in [2.75, 3.05) is 43.1 Å². The van der Waals surface area contributed by atoms with Gasteiger partial charge in [-0.15, -0.1) is 0 Å². The van der Waals surface area contributed by atoms with Crippen LogP contribution in [0.4, 0.5) is 11.4 Å². The van der Waals surface area contributed by atoms with Crippen LogP contribution in [-0.4, -0.2) is 38.3 Å². The lowest BCUT2D eigenvalue weighted by molar-refractivity contribution is 0.413. The molecule has 1 saturated heterocycles. The topological polar surface area (TPSA) is 28.6 Å². The molecular weight excluding hydrogens is 250 g/mol. The van der Waals surface area contributed by atoms with E-state index in [1.165, 1.54) is 11.4 Å². The van der Waals surface area contributed by atoms with Gasteiger partial charge in [0.15, 0.2) is 0 Å². The van der Waals surface area contributed by atoms with Crippen LogP contribution in [0.2, 0.25) is 0 Å². The summed E-state index contributed by atoms with van der Waals surface area (Å²) in [4.78, 5) is 8.94. The Morgan fingerprint density at radius 2 is 1.70 bits per heavy atom. The van der Waals surface area contributed by atoms with Gasteiger partial charge in [0.05, 0.1) is 24.7 Å². The Labute approximate surface area is 119 Å². The molecule has 0 radical (unpaired) electrons. The highest BCUT2D eigenvalue weighted by Gasteiger charge is 2.19. The summed E-state index contributed by atoms with van der Waals surface area (Å²) in [6, 6.07) is 12.3. The zero-order chi connectivity index (χ0) is 13.8. The van der Waals surface area contributed by atoms with E-state index in [0.29, 0.717) is 0 Å². The number of anilines is 2. The van der Waals surface area contributed by atoms with Crippen LogP contribution in [0.1, 0.15) is 0 Å². The number of rotatable bonds is 3. The molecule has 1 fully saturated rings. The Kier molecular flexibility index (Phi) is 3.72. The van der Waals surface area contributed by atoms with Gasteiger partial charge in [0.25, 0.3) is 0 Å². The number of piperazine rings is 1. The molecule has 4 heteroatoms. The molecule has 4 nitrogen and oxygen atoms in total. The zero-order valence-electron chi connectivity index (χ0n) is 11.7. The first-order chi connectivity index (χ1) is 9.88. The second-order valence-electron chi connectivity index (χ2n) is 4.86. The Morgan fingerprint density at radius 1 is 0.950 bits per heavy atom. The third-order valence-corrected chi connectivity index (χ3v) is 3.72. The summed E-state index contributed by atoms with van der Waals surface area (Å²) < 4.78 is 5.44. The number of ether oxygens (including phenoxy) is 1. The summed E-state index contributed by atoms with van der Waals surface area (Å²) in [5.41, 5.74) is 2.38. The minimum atomic E-state index is 0.947. The summed E-state index contributed by atoms with van der Waals surface area (Å²) in [6.07, 6.45) is 3.74. The highest BCUT2D eigenvalue weighted by atomic mass is 16.5. The number of aromatic nitrogens is 1. The van der Waals surface area contributed by atoms with E-state index in [4.69, 9.17) is 4.74 Å². The summed E-state index contributed by atoms with van der Waals surface area (Å²) in [6.45, 7) is 4.00. The van der Waals surface area contributed by atoms with Gasteiger partial charge < -0.3 is 14.5 Å². The van der Waals surface area contributed by atoms with Gasteiger partial charge in [-0.05, 0) is 24.3 Å². The predicted octanol–water partition coefficient (Wildman–Crippen LogP) is 2.42. The Balaban J connectivity index is 1.70. The molecule has 20 heavy (non-hydrogen) atoms. The fourth-order valence-corrected chi connectivity index (χ4v) is 2.64. The zero-order valence-corrected chi connectivity index (χ0v) is 11.7. The lowest BCUT2D eigenvalue weighted by atomic mass is 10.2. The summed E-state index contributed by atoms with van der Waals surface area (Å²) in [5, 5.41) is 0. The third kappa shape index (κ3) is 2.54. The molecule has 0 N–H and O–H groups in total. The molecule has 0 unspecified atom stereocenters. The van der Waals surface area contributed by atoms with Crippen molar-refractivity contribution in [2.45, 2.75) is 0 Å². The number of hydrogen-bond acceptors (Lipinski definition) is 4. The van der Waals surface area contributed by atoms with E-state index in [9.17, 15) is 0 Å². The molecular formula is C16H19N3O. The highest BCUT2D eigenvalue weighted by Crippen LogP contribution is 2.28. The minimum Gasteiger partial charge on any atom is -0.495 e. The first-order valence-electron chi connectivity index (χ1n) is 6.91. The van der Waals surface area contributed by atoms with Crippen LogP contribution in [0.3, 0.4) is 0 Å². The lowest BCUT2D eigenvalue weighted by Crippen LogP contribution is -2.46. The summed E-state index contributed by atoms with van der Waals surface area (Å²) in [5.74, 6) is 0.947. The van der Waals surface area contributed by atoms with Crippen molar-refractivity contribution in [2.24, 2.45) is 0 Å². The van der Waals surface area contributed by atoms with Crippen molar-refractivity contribution in [1.29, 1.82) is 0 Å². The number of pyridine rings is 1. The molecule has 1 aromatic carbocycles. The van der Waals surface area contributed by atoms with Crippen LogP contribution in [-0.2, 0) is 0 Å². The molecule has 1 aliphatic heterocycles. The minimum absolute atomic E-state index is 0.947. The fraction of sp³-hybridized carbons (Fsp3) is 0.312. The quantitative estimate of drug-likeness (QED) is 0.855. The maximum absolute atomic E-state index is 5.44. The SMILES string of the molecule is COc1ccccc1N1CCN(c2cccnc2)CC1. The van der Waals surface area contributed by atoms with Crippen LogP contribution in [0.5, 0.6) is 5.75 Å². The number of hydrogen-bond donors (Lipinski definition) is 0. The fourth-order valence-electron chi connectivity index (χ4n) is 2.64. The smallest absolute Gasteiger partial charge is 0.142 e. The molecule has 0 spiro atoms. The van der Waals surface area contributed by atoms with Crippen molar-refractivity contribution in [3.05, 3.63) is 48.8 Å². The van der Waals surface area contributed by atoms with Crippen LogP contribution in [0.15, 0.2) is 48.8 Å². The van der Waals surface area contributed by atoms with Crippen LogP contribution < -0.4 is 14.5 Å². The number of benzene rings is 1. The Bertz CT molecular complexity index is 551. The van der Waals surface area contributed by atoms with Gasteiger partial charge in [0.1, 0.15) is 5.75 Å². The standard InChI is InChI=1S/C16H19N3O/c1-20-16-7-3-2-6-15(16)19-11-9-18(10-12-19)14-5-4-8-17-13-14/h2-8,13H,9-12H2,1H3. The van der Waals surface area contributed by atoms with Crippen molar-refractivity contribution in [3.8, 4) is 5.75 Å². The number of para-hydroxylation sites is 2. The Morgan fingerprint density at radius 3 is 2.40 bits per heavy atom. The first kappa shape index (κ1) is 12.8. The number of methoxy groups -OCH3 is 1. The molecule has 0 bridgehead atoms. The van der Waals surface area contributed by atoms with E-state index in [1.54, 1.807) is 7.11 Å². The molecule has 0 saturated carbocycles. The summed E-state index contributed by atoms with van der Waals surface area (Å²) >= 11 is 0. The molecule has 0 atom stereocenters. The lowest BCUT2D eigenvalue weighted by Gasteiger charge is -2.37. The highest BCUT2D eigenvalue weighted by molar-refractivity contribution is 5.59. The largest absolute Gasteiger partial charge is 0.495 e. The normalized spacial score (nSPS) is 15.2.